The first-order chi connectivity index (χ1) is 8.70. The number of aliphatic hydroxyl groups is 1. The van der Waals surface area contributed by atoms with Crippen LogP contribution in [0.1, 0.15) is 13.3 Å². The molecule has 2 atom stereocenters. The van der Waals surface area contributed by atoms with Gasteiger partial charge in [-0.05, 0) is 13.0 Å². The average molecular weight is 253 g/mol. The molecule has 2 unspecified atom stereocenters. The Kier molecular flexibility index (Phi) is 4.33. The Hall–Kier alpha value is -1.40. The molecule has 0 aromatic carbocycles. The number of rotatable bonds is 4. The highest BCUT2D eigenvalue weighted by Crippen LogP contribution is 2.13. The van der Waals surface area contributed by atoms with Crippen molar-refractivity contribution < 1.29 is 14.6 Å². The number of hydrogen-bond donors (Lipinski definition) is 1. The summed E-state index contributed by atoms with van der Waals surface area (Å²) in [4.78, 5) is 13.9. The minimum absolute atomic E-state index is 0.0460. The summed E-state index contributed by atoms with van der Waals surface area (Å²) in [6, 6.07) is 1.90. The van der Waals surface area contributed by atoms with Crippen molar-refractivity contribution in [3.63, 3.8) is 0 Å². The number of morpholine rings is 1. The quantitative estimate of drug-likeness (QED) is 0.812. The number of carbonyl (C=O) groups is 1. The molecule has 0 saturated carbocycles. The number of amides is 1. The van der Waals surface area contributed by atoms with E-state index in [0.29, 0.717) is 26.1 Å². The summed E-state index contributed by atoms with van der Waals surface area (Å²) >= 11 is 0. The minimum atomic E-state index is -0.255. The van der Waals surface area contributed by atoms with Crippen molar-refractivity contribution in [2.75, 3.05) is 19.8 Å². The molecule has 100 valence electrons. The van der Waals surface area contributed by atoms with Gasteiger partial charge in [0.15, 0.2) is 0 Å². The standard InChI is InChI=1S/C12H19N3O3/c1-10-9-18-11(8-16)7-15(10)12(17)3-6-14-5-2-4-13-14/h2,4-5,10-11,16H,3,6-9H2,1H3. The van der Waals surface area contributed by atoms with Crippen molar-refractivity contribution in [2.24, 2.45) is 0 Å². The van der Waals surface area contributed by atoms with Gasteiger partial charge in [-0.15, -0.1) is 0 Å². The second-order valence-electron chi connectivity index (χ2n) is 4.55. The topological polar surface area (TPSA) is 67.6 Å². The number of hydrogen-bond acceptors (Lipinski definition) is 4. The zero-order valence-electron chi connectivity index (χ0n) is 10.5. The van der Waals surface area contributed by atoms with Gasteiger partial charge in [0.1, 0.15) is 0 Å². The van der Waals surface area contributed by atoms with E-state index in [1.165, 1.54) is 0 Å². The van der Waals surface area contributed by atoms with Crippen LogP contribution in [0, 0.1) is 0 Å². The largest absolute Gasteiger partial charge is 0.394 e. The van der Waals surface area contributed by atoms with Gasteiger partial charge in [-0.25, -0.2) is 0 Å². The van der Waals surface area contributed by atoms with Crippen LogP contribution < -0.4 is 0 Å². The predicted octanol–water partition coefficient (Wildman–Crippen LogP) is -0.119. The SMILES string of the molecule is CC1COC(CO)CN1C(=O)CCn1cccn1. The van der Waals surface area contributed by atoms with Gasteiger partial charge in [0.05, 0.1) is 25.4 Å². The van der Waals surface area contributed by atoms with Crippen LogP contribution in [0.25, 0.3) is 0 Å². The summed E-state index contributed by atoms with van der Waals surface area (Å²) in [5.41, 5.74) is 0. The zero-order chi connectivity index (χ0) is 13.0. The third kappa shape index (κ3) is 3.08. The Balaban J connectivity index is 1.86. The molecule has 1 aliphatic heterocycles. The van der Waals surface area contributed by atoms with Crippen LogP contribution >= 0.6 is 0 Å². The Morgan fingerprint density at radius 2 is 2.44 bits per heavy atom. The van der Waals surface area contributed by atoms with Crippen LogP contribution in [0.15, 0.2) is 18.5 Å². The van der Waals surface area contributed by atoms with E-state index in [1.54, 1.807) is 15.8 Å². The van der Waals surface area contributed by atoms with Gasteiger partial charge >= 0.3 is 0 Å². The maximum atomic E-state index is 12.1. The molecule has 6 nitrogen and oxygen atoms in total. The molecule has 1 aromatic rings. The summed E-state index contributed by atoms with van der Waals surface area (Å²) in [7, 11) is 0. The molecule has 18 heavy (non-hydrogen) atoms. The van der Waals surface area contributed by atoms with Crippen molar-refractivity contribution in [3.8, 4) is 0 Å². The van der Waals surface area contributed by atoms with Crippen molar-refractivity contribution in [1.29, 1.82) is 0 Å². The number of ether oxygens (including phenoxy) is 1. The van der Waals surface area contributed by atoms with Gasteiger partial charge < -0.3 is 14.7 Å². The lowest BCUT2D eigenvalue weighted by Gasteiger charge is -2.37. The fraction of sp³-hybridized carbons (Fsp3) is 0.667. The highest BCUT2D eigenvalue weighted by Gasteiger charge is 2.28. The molecular weight excluding hydrogens is 234 g/mol. The van der Waals surface area contributed by atoms with Gasteiger partial charge in [-0.1, -0.05) is 0 Å². The van der Waals surface area contributed by atoms with Crippen molar-refractivity contribution in [2.45, 2.75) is 32.0 Å². The van der Waals surface area contributed by atoms with Gasteiger partial charge in [-0.3, -0.25) is 9.48 Å². The summed E-state index contributed by atoms with van der Waals surface area (Å²) < 4.78 is 7.15. The lowest BCUT2D eigenvalue weighted by Crippen LogP contribution is -2.52. The van der Waals surface area contributed by atoms with Crippen molar-refractivity contribution in [1.82, 2.24) is 14.7 Å². The second kappa shape index (κ2) is 5.97. The van der Waals surface area contributed by atoms with Crippen LogP contribution in [0.2, 0.25) is 0 Å². The predicted molar refractivity (Wildman–Crippen MR) is 64.8 cm³/mol. The van der Waals surface area contributed by atoms with E-state index in [2.05, 4.69) is 5.10 Å². The number of aromatic nitrogens is 2. The fourth-order valence-corrected chi connectivity index (χ4v) is 2.06. The number of carbonyl (C=O) groups excluding carboxylic acids is 1. The highest BCUT2D eigenvalue weighted by atomic mass is 16.5. The molecule has 1 saturated heterocycles. The molecule has 1 aliphatic rings. The molecular formula is C12H19N3O3. The van der Waals surface area contributed by atoms with E-state index in [-0.39, 0.29) is 24.7 Å². The Morgan fingerprint density at radius 3 is 3.11 bits per heavy atom. The maximum absolute atomic E-state index is 12.1. The van der Waals surface area contributed by atoms with Gasteiger partial charge in [0, 0.05) is 31.9 Å². The van der Waals surface area contributed by atoms with E-state index in [4.69, 9.17) is 9.84 Å². The first kappa shape index (κ1) is 13.0. The molecule has 1 fully saturated rings. The summed E-state index contributed by atoms with van der Waals surface area (Å²) in [6.07, 6.45) is 3.70. The maximum Gasteiger partial charge on any atom is 0.224 e. The summed E-state index contributed by atoms with van der Waals surface area (Å²) in [5.74, 6) is 0.0831. The van der Waals surface area contributed by atoms with Crippen molar-refractivity contribution >= 4 is 5.91 Å². The van der Waals surface area contributed by atoms with E-state index >= 15 is 0 Å². The van der Waals surface area contributed by atoms with Gasteiger partial charge in [-0.2, -0.15) is 5.10 Å². The first-order valence-electron chi connectivity index (χ1n) is 6.20. The molecule has 1 amide bonds. The van der Waals surface area contributed by atoms with E-state index in [0.717, 1.165) is 0 Å². The summed E-state index contributed by atoms with van der Waals surface area (Å²) in [5, 5.41) is 13.1. The van der Waals surface area contributed by atoms with E-state index < -0.39 is 0 Å². The highest BCUT2D eigenvalue weighted by molar-refractivity contribution is 5.76. The lowest BCUT2D eigenvalue weighted by atomic mass is 10.2. The molecule has 1 N–H and O–H groups in total. The third-order valence-electron chi connectivity index (χ3n) is 3.14. The average Bonchev–Trinajstić information content (AvgIpc) is 2.89. The van der Waals surface area contributed by atoms with Crippen molar-refractivity contribution in [3.05, 3.63) is 18.5 Å². The van der Waals surface area contributed by atoms with Gasteiger partial charge in [0.2, 0.25) is 5.91 Å². The zero-order valence-corrected chi connectivity index (χ0v) is 10.5. The lowest BCUT2D eigenvalue weighted by molar-refractivity contribution is -0.146. The van der Waals surface area contributed by atoms with Gasteiger partial charge in [0.25, 0.3) is 0 Å². The Labute approximate surface area is 106 Å². The molecule has 0 radical (unpaired) electrons. The van der Waals surface area contributed by atoms with E-state index in [1.807, 2.05) is 19.2 Å². The van der Waals surface area contributed by atoms with Crippen LogP contribution in [0.5, 0.6) is 0 Å². The summed E-state index contributed by atoms with van der Waals surface area (Å²) in [6.45, 7) is 3.45. The number of aliphatic hydroxyl groups excluding tert-OH is 1. The Bertz CT molecular complexity index is 380. The number of aryl methyl sites for hydroxylation is 1. The normalized spacial score (nSPS) is 24.2. The Morgan fingerprint density at radius 1 is 1.61 bits per heavy atom. The molecule has 2 rings (SSSR count). The first-order valence-corrected chi connectivity index (χ1v) is 6.20. The molecule has 0 aliphatic carbocycles. The minimum Gasteiger partial charge on any atom is -0.394 e. The van der Waals surface area contributed by atoms with Crippen LogP contribution in [-0.4, -0.2) is 57.6 Å². The fourth-order valence-electron chi connectivity index (χ4n) is 2.06. The number of nitrogens with zero attached hydrogens (tertiary/aromatic N) is 3. The molecule has 0 bridgehead atoms. The third-order valence-corrected chi connectivity index (χ3v) is 3.14. The second-order valence-corrected chi connectivity index (χ2v) is 4.55. The van der Waals surface area contributed by atoms with Crippen LogP contribution in [-0.2, 0) is 16.1 Å². The molecule has 1 aromatic heterocycles. The van der Waals surface area contributed by atoms with E-state index in [9.17, 15) is 4.79 Å². The van der Waals surface area contributed by atoms with Crippen LogP contribution in [0.4, 0.5) is 0 Å². The molecule has 6 heteroatoms. The molecule has 0 spiro atoms. The van der Waals surface area contributed by atoms with Crippen LogP contribution in [0.3, 0.4) is 0 Å². The monoisotopic (exact) mass is 253 g/mol. The molecule has 2 heterocycles. The smallest absolute Gasteiger partial charge is 0.224 e.